The molecule has 2 N–H and O–H groups in total. The second-order valence-electron chi connectivity index (χ2n) is 5.62. The molecule has 1 saturated carbocycles. The molecule has 0 saturated heterocycles. The Bertz CT molecular complexity index is 561. The molecule has 0 aromatic heterocycles. The number of amides is 2. The van der Waals surface area contributed by atoms with Gasteiger partial charge in [0, 0.05) is 23.9 Å². The zero-order valence-corrected chi connectivity index (χ0v) is 13.3. The summed E-state index contributed by atoms with van der Waals surface area (Å²) in [6, 6.07) is 3.82. The molecule has 0 spiro atoms. The Balaban J connectivity index is 1.70. The molecule has 2 amide bonds. The Morgan fingerprint density at radius 1 is 1.41 bits per heavy atom. The molecule has 120 valence electrons. The minimum atomic E-state index is -0.404. The Morgan fingerprint density at radius 2 is 2.14 bits per heavy atom. The number of hydrogen-bond donors (Lipinski definition) is 2. The van der Waals surface area contributed by atoms with E-state index in [0.29, 0.717) is 30.0 Å². The molecule has 6 heteroatoms. The van der Waals surface area contributed by atoms with Gasteiger partial charge in [-0.2, -0.15) is 0 Å². The van der Waals surface area contributed by atoms with Crippen LogP contribution in [-0.4, -0.2) is 18.4 Å². The van der Waals surface area contributed by atoms with Crippen LogP contribution in [0.25, 0.3) is 0 Å². The van der Waals surface area contributed by atoms with Gasteiger partial charge in [0.1, 0.15) is 5.82 Å². The third-order valence-corrected chi connectivity index (χ3v) is 3.96. The molecule has 0 unspecified atom stereocenters. The van der Waals surface area contributed by atoms with E-state index in [0.717, 1.165) is 12.8 Å². The highest BCUT2D eigenvalue weighted by Gasteiger charge is 2.29. The van der Waals surface area contributed by atoms with E-state index in [4.69, 9.17) is 11.6 Å². The van der Waals surface area contributed by atoms with Crippen molar-refractivity contribution in [1.82, 2.24) is 10.6 Å². The first kappa shape index (κ1) is 16.7. The number of carbonyl (C=O) groups excluding carboxylic acids is 2. The first-order valence-corrected chi connectivity index (χ1v) is 7.87. The van der Waals surface area contributed by atoms with Crippen molar-refractivity contribution < 1.29 is 14.0 Å². The zero-order chi connectivity index (χ0) is 16.1. The van der Waals surface area contributed by atoms with Gasteiger partial charge in [-0.25, -0.2) is 4.39 Å². The van der Waals surface area contributed by atoms with E-state index in [1.54, 1.807) is 13.0 Å². The van der Waals surface area contributed by atoms with E-state index in [1.807, 2.05) is 0 Å². The van der Waals surface area contributed by atoms with Crippen molar-refractivity contribution in [2.24, 2.45) is 5.92 Å². The number of nitrogens with one attached hydrogen (secondary N) is 2. The molecule has 1 aromatic rings. The van der Waals surface area contributed by atoms with Crippen molar-refractivity contribution in [2.45, 2.75) is 38.6 Å². The van der Waals surface area contributed by atoms with Gasteiger partial charge in [0.2, 0.25) is 11.8 Å². The molecule has 1 aliphatic carbocycles. The number of rotatable bonds is 7. The van der Waals surface area contributed by atoms with Gasteiger partial charge in [-0.05, 0) is 43.9 Å². The van der Waals surface area contributed by atoms with E-state index in [1.165, 1.54) is 12.1 Å². The third-order valence-electron chi connectivity index (χ3n) is 3.63. The van der Waals surface area contributed by atoms with Crippen LogP contribution < -0.4 is 10.6 Å². The fourth-order valence-electron chi connectivity index (χ4n) is 2.19. The largest absolute Gasteiger partial charge is 0.356 e. The standard InChI is InChI=1S/C16H20ClFN2O2/c1-10(13-7-6-12(18)9-14(13)17)20-15(21)3-2-8-19-16(22)11-4-5-11/h6-7,9-11H,2-5,8H2,1H3,(H,19,22)(H,20,21)/t10-/m0/s1. The maximum Gasteiger partial charge on any atom is 0.223 e. The molecule has 22 heavy (non-hydrogen) atoms. The van der Waals surface area contributed by atoms with Gasteiger partial charge in [-0.15, -0.1) is 0 Å². The number of carbonyl (C=O) groups is 2. The second kappa shape index (κ2) is 7.58. The van der Waals surface area contributed by atoms with Crippen LogP contribution >= 0.6 is 11.6 Å². The highest BCUT2D eigenvalue weighted by Crippen LogP contribution is 2.28. The molecule has 1 aromatic carbocycles. The van der Waals surface area contributed by atoms with Crippen molar-refractivity contribution in [3.63, 3.8) is 0 Å². The molecular weight excluding hydrogens is 307 g/mol. The highest BCUT2D eigenvalue weighted by molar-refractivity contribution is 6.31. The molecular formula is C16H20ClFN2O2. The van der Waals surface area contributed by atoms with E-state index in [2.05, 4.69) is 10.6 Å². The summed E-state index contributed by atoms with van der Waals surface area (Å²) in [4.78, 5) is 23.3. The Hall–Kier alpha value is -1.62. The van der Waals surface area contributed by atoms with Gasteiger partial charge in [0.05, 0.1) is 6.04 Å². The topological polar surface area (TPSA) is 58.2 Å². The third kappa shape index (κ3) is 4.98. The van der Waals surface area contributed by atoms with Crippen molar-refractivity contribution in [3.05, 3.63) is 34.6 Å². The van der Waals surface area contributed by atoms with Crippen LogP contribution in [-0.2, 0) is 9.59 Å². The summed E-state index contributed by atoms with van der Waals surface area (Å²) in [6.45, 7) is 2.31. The predicted molar refractivity (Wildman–Crippen MR) is 82.9 cm³/mol. The van der Waals surface area contributed by atoms with Crippen molar-refractivity contribution in [3.8, 4) is 0 Å². The van der Waals surface area contributed by atoms with E-state index in [9.17, 15) is 14.0 Å². The Labute approximate surface area is 134 Å². The Morgan fingerprint density at radius 3 is 2.77 bits per heavy atom. The molecule has 1 fully saturated rings. The molecule has 0 heterocycles. The number of hydrogen-bond acceptors (Lipinski definition) is 2. The van der Waals surface area contributed by atoms with Gasteiger partial charge < -0.3 is 10.6 Å². The lowest BCUT2D eigenvalue weighted by Gasteiger charge is -2.16. The van der Waals surface area contributed by atoms with E-state index >= 15 is 0 Å². The number of halogens is 2. The maximum absolute atomic E-state index is 13.0. The molecule has 4 nitrogen and oxygen atoms in total. The number of benzene rings is 1. The zero-order valence-electron chi connectivity index (χ0n) is 12.5. The summed E-state index contributed by atoms with van der Waals surface area (Å²) in [7, 11) is 0. The van der Waals surface area contributed by atoms with Crippen molar-refractivity contribution in [2.75, 3.05) is 6.54 Å². The molecule has 0 bridgehead atoms. The maximum atomic E-state index is 13.0. The SMILES string of the molecule is C[C@H](NC(=O)CCCNC(=O)C1CC1)c1ccc(F)cc1Cl. The van der Waals surface area contributed by atoms with Crippen LogP contribution in [0.15, 0.2) is 18.2 Å². The molecule has 2 rings (SSSR count). The van der Waals surface area contributed by atoms with Gasteiger partial charge >= 0.3 is 0 Å². The normalized spacial score (nSPS) is 15.2. The van der Waals surface area contributed by atoms with Crippen LogP contribution in [0.1, 0.15) is 44.2 Å². The van der Waals surface area contributed by atoms with Gasteiger partial charge in [0.15, 0.2) is 0 Å². The lowest BCUT2D eigenvalue weighted by atomic mass is 10.1. The van der Waals surface area contributed by atoms with E-state index < -0.39 is 5.82 Å². The van der Waals surface area contributed by atoms with Gasteiger partial charge in [-0.1, -0.05) is 17.7 Å². The van der Waals surface area contributed by atoms with Crippen molar-refractivity contribution >= 4 is 23.4 Å². The molecule has 1 aliphatic rings. The summed E-state index contributed by atoms with van der Waals surface area (Å²) < 4.78 is 13.0. The average molecular weight is 327 g/mol. The van der Waals surface area contributed by atoms with E-state index in [-0.39, 0.29) is 23.8 Å². The fourth-order valence-corrected chi connectivity index (χ4v) is 2.53. The van der Waals surface area contributed by atoms with Crippen LogP contribution in [0.4, 0.5) is 4.39 Å². The summed E-state index contributed by atoms with van der Waals surface area (Å²) >= 11 is 5.97. The van der Waals surface area contributed by atoms with Gasteiger partial charge in [0.25, 0.3) is 0 Å². The summed E-state index contributed by atoms with van der Waals surface area (Å²) in [5, 5.41) is 5.94. The smallest absolute Gasteiger partial charge is 0.223 e. The highest BCUT2D eigenvalue weighted by atomic mass is 35.5. The van der Waals surface area contributed by atoms with Crippen LogP contribution in [0.2, 0.25) is 5.02 Å². The molecule has 1 atom stereocenters. The Kier molecular flexibility index (Phi) is 5.77. The first-order chi connectivity index (χ1) is 10.5. The van der Waals surface area contributed by atoms with Gasteiger partial charge in [-0.3, -0.25) is 9.59 Å². The lowest BCUT2D eigenvalue weighted by molar-refractivity contribution is -0.123. The first-order valence-electron chi connectivity index (χ1n) is 7.49. The summed E-state index contributed by atoms with van der Waals surface area (Å²) in [5.41, 5.74) is 0.679. The quantitative estimate of drug-likeness (QED) is 0.757. The van der Waals surface area contributed by atoms with Crippen LogP contribution in [0.5, 0.6) is 0 Å². The average Bonchev–Trinajstić information content (AvgIpc) is 3.27. The minimum absolute atomic E-state index is 0.0897. The van der Waals surface area contributed by atoms with Crippen LogP contribution in [0, 0.1) is 11.7 Å². The fraction of sp³-hybridized carbons (Fsp3) is 0.500. The predicted octanol–water partition coefficient (Wildman–Crippen LogP) is 2.96. The minimum Gasteiger partial charge on any atom is -0.356 e. The lowest BCUT2D eigenvalue weighted by Crippen LogP contribution is -2.29. The second-order valence-corrected chi connectivity index (χ2v) is 6.03. The van der Waals surface area contributed by atoms with Crippen LogP contribution in [0.3, 0.4) is 0 Å². The summed E-state index contributed by atoms with van der Waals surface area (Å²) in [6.07, 6.45) is 2.87. The van der Waals surface area contributed by atoms with Crippen molar-refractivity contribution in [1.29, 1.82) is 0 Å². The molecule has 0 radical (unpaired) electrons. The molecule has 0 aliphatic heterocycles. The monoisotopic (exact) mass is 326 g/mol. The summed E-state index contributed by atoms with van der Waals surface area (Å²) in [5.74, 6) is -0.242.